The summed E-state index contributed by atoms with van der Waals surface area (Å²) in [7, 11) is 0. The lowest BCUT2D eigenvalue weighted by atomic mass is 10.1. The zero-order valence-electron chi connectivity index (χ0n) is 11.7. The fourth-order valence-electron chi connectivity index (χ4n) is 2.04. The molecule has 0 aliphatic carbocycles. The first kappa shape index (κ1) is 16.8. The number of carbonyl (C=O) groups is 1. The summed E-state index contributed by atoms with van der Waals surface area (Å²) in [5, 5.41) is 4.51. The van der Waals surface area contributed by atoms with Gasteiger partial charge in [-0.05, 0) is 67.2 Å². The van der Waals surface area contributed by atoms with E-state index in [1.54, 1.807) is 6.20 Å². The number of hydrogen-bond donors (Lipinski definition) is 0. The normalized spacial score (nSPS) is 10.9. The highest BCUT2D eigenvalue weighted by Gasteiger charge is 2.20. The zero-order chi connectivity index (χ0) is 15.6. The van der Waals surface area contributed by atoms with Crippen molar-refractivity contribution in [1.29, 1.82) is 0 Å². The zero-order valence-corrected chi connectivity index (χ0v) is 16.4. The van der Waals surface area contributed by atoms with Crippen LogP contribution in [0, 0.1) is 0 Å². The fraction of sp³-hybridized carbons (Fsp3) is 0.357. The van der Waals surface area contributed by atoms with Gasteiger partial charge in [0.2, 0.25) is 0 Å². The Bertz CT molecular complexity index is 682. The molecule has 21 heavy (non-hydrogen) atoms. The Balaban J connectivity index is 2.33. The number of hydrogen-bond acceptors (Lipinski definition) is 3. The number of ketones is 1. The van der Waals surface area contributed by atoms with Gasteiger partial charge in [-0.1, -0.05) is 6.92 Å². The minimum absolute atomic E-state index is 0.0349. The Labute approximate surface area is 148 Å². The molecule has 0 aliphatic heterocycles. The minimum atomic E-state index is -0.0349. The van der Waals surface area contributed by atoms with Crippen LogP contribution in [0.25, 0.3) is 0 Å². The predicted molar refractivity (Wildman–Crippen MR) is 92.7 cm³/mol. The van der Waals surface area contributed by atoms with Gasteiger partial charge < -0.3 is 0 Å². The molecule has 0 bridgehead atoms. The van der Waals surface area contributed by atoms with Crippen LogP contribution in [0.1, 0.15) is 35.7 Å². The van der Waals surface area contributed by atoms with Gasteiger partial charge in [-0.15, -0.1) is 0 Å². The quantitative estimate of drug-likeness (QED) is 0.590. The molecule has 2 aromatic rings. The SMILES string of the molecule is CCc1nn(CC)c(CC(=O)c2ncc(Br)cc2Br)c1Br. The molecule has 0 amide bonds. The molecule has 0 aliphatic rings. The summed E-state index contributed by atoms with van der Waals surface area (Å²) < 4.78 is 4.32. The Kier molecular flexibility index (Phi) is 5.73. The highest BCUT2D eigenvalue weighted by Crippen LogP contribution is 2.25. The molecule has 7 heteroatoms. The molecule has 0 saturated carbocycles. The van der Waals surface area contributed by atoms with E-state index in [-0.39, 0.29) is 12.2 Å². The van der Waals surface area contributed by atoms with Crippen LogP contribution >= 0.6 is 47.8 Å². The van der Waals surface area contributed by atoms with Crippen molar-refractivity contribution >= 4 is 53.6 Å². The Morgan fingerprint density at radius 2 is 2.00 bits per heavy atom. The molecule has 0 N–H and O–H groups in total. The second-order valence-electron chi connectivity index (χ2n) is 4.46. The third-order valence-electron chi connectivity index (χ3n) is 3.09. The van der Waals surface area contributed by atoms with Crippen molar-refractivity contribution in [3.05, 3.63) is 42.8 Å². The highest BCUT2D eigenvalue weighted by atomic mass is 79.9. The van der Waals surface area contributed by atoms with Crippen LogP contribution in [0.15, 0.2) is 25.7 Å². The number of Topliss-reactive ketones (excluding diaryl/α,β-unsaturated/α-hetero) is 1. The molecule has 2 rings (SSSR count). The van der Waals surface area contributed by atoms with Gasteiger partial charge in [-0.2, -0.15) is 5.10 Å². The summed E-state index contributed by atoms with van der Waals surface area (Å²) in [4.78, 5) is 16.7. The number of carbonyl (C=O) groups excluding carboxylic acids is 1. The number of aryl methyl sites for hydroxylation is 2. The van der Waals surface area contributed by atoms with E-state index in [9.17, 15) is 4.79 Å². The summed E-state index contributed by atoms with van der Waals surface area (Å²) >= 11 is 10.3. The van der Waals surface area contributed by atoms with Crippen LogP contribution in [0.3, 0.4) is 0 Å². The fourth-order valence-corrected chi connectivity index (χ4v) is 3.95. The van der Waals surface area contributed by atoms with Crippen molar-refractivity contribution in [3.8, 4) is 0 Å². The number of nitrogens with zero attached hydrogens (tertiary/aromatic N) is 3. The van der Waals surface area contributed by atoms with Gasteiger partial charge in [0.15, 0.2) is 5.78 Å². The smallest absolute Gasteiger partial charge is 0.188 e. The predicted octanol–water partition coefficient (Wildman–Crippen LogP) is 4.57. The summed E-state index contributed by atoms with van der Waals surface area (Å²) in [6.07, 6.45) is 2.73. The van der Waals surface area contributed by atoms with E-state index in [2.05, 4.69) is 57.9 Å². The molecule has 0 aromatic carbocycles. The summed E-state index contributed by atoms with van der Waals surface area (Å²) in [5.74, 6) is -0.0349. The maximum absolute atomic E-state index is 12.5. The monoisotopic (exact) mass is 477 g/mol. The van der Waals surface area contributed by atoms with Gasteiger partial charge in [-0.25, -0.2) is 0 Å². The molecular weight excluding hydrogens is 466 g/mol. The van der Waals surface area contributed by atoms with E-state index < -0.39 is 0 Å². The number of pyridine rings is 1. The first-order valence-electron chi connectivity index (χ1n) is 6.56. The van der Waals surface area contributed by atoms with Crippen molar-refractivity contribution < 1.29 is 4.79 Å². The topological polar surface area (TPSA) is 47.8 Å². The van der Waals surface area contributed by atoms with Crippen LogP contribution in [-0.4, -0.2) is 20.5 Å². The standard InChI is InChI=1S/C14H14Br3N3O/c1-3-10-13(17)11(20(4-2)19-10)6-12(21)14-9(16)5-8(15)7-18-14/h5,7H,3-4,6H2,1-2H3. The third kappa shape index (κ3) is 3.63. The average molecular weight is 480 g/mol. The Morgan fingerprint density at radius 1 is 1.29 bits per heavy atom. The van der Waals surface area contributed by atoms with Crippen LogP contribution in [0.4, 0.5) is 0 Å². The average Bonchev–Trinajstić information content (AvgIpc) is 2.75. The van der Waals surface area contributed by atoms with Crippen LogP contribution in [0.2, 0.25) is 0 Å². The molecule has 0 fully saturated rings. The Hall–Kier alpha value is -0.530. The first-order chi connectivity index (χ1) is 9.97. The molecule has 2 heterocycles. The van der Waals surface area contributed by atoms with Gasteiger partial charge in [0.05, 0.1) is 22.3 Å². The first-order valence-corrected chi connectivity index (χ1v) is 8.94. The minimum Gasteiger partial charge on any atom is -0.292 e. The molecular formula is C14H14Br3N3O. The second-order valence-corrected chi connectivity index (χ2v) is 7.02. The molecule has 4 nitrogen and oxygen atoms in total. The molecule has 0 atom stereocenters. The van der Waals surface area contributed by atoms with Crippen LogP contribution in [0.5, 0.6) is 0 Å². The van der Waals surface area contributed by atoms with E-state index in [0.29, 0.717) is 10.2 Å². The van der Waals surface area contributed by atoms with E-state index in [0.717, 1.165) is 33.3 Å². The maximum Gasteiger partial charge on any atom is 0.188 e. The summed E-state index contributed by atoms with van der Waals surface area (Å²) in [6, 6.07) is 1.82. The van der Waals surface area contributed by atoms with Gasteiger partial charge in [-0.3, -0.25) is 14.5 Å². The summed E-state index contributed by atoms with van der Waals surface area (Å²) in [6.45, 7) is 4.79. The largest absolute Gasteiger partial charge is 0.292 e. The number of halogens is 3. The van der Waals surface area contributed by atoms with Gasteiger partial charge in [0, 0.05) is 21.7 Å². The lowest BCUT2D eigenvalue weighted by Crippen LogP contribution is -2.12. The molecule has 0 spiro atoms. The van der Waals surface area contributed by atoms with E-state index in [1.165, 1.54) is 0 Å². The summed E-state index contributed by atoms with van der Waals surface area (Å²) in [5.41, 5.74) is 2.31. The van der Waals surface area contributed by atoms with E-state index >= 15 is 0 Å². The van der Waals surface area contributed by atoms with Crippen molar-refractivity contribution in [2.24, 2.45) is 0 Å². The third-order valence-corrected chi connectivity index (χ3v) is 5.05. The van der Waals surface area contributed by atoms with Crippen LogP contribution in [-0.2, 0) is 19.4 Å². The number of rotatable bonds is 5. The van der Waals surface area contributed by atoms with Crippen molar-refractivity contribution in [1.82, 2.24) is 14.8 Å². The van der Waals surface area contributed by atoms with Gasteiger partial charge >= 0.3 is 0 Å². The van der Waals surface area contributed by atoms with E-state index in [1.807, 2.05) is 24.6 Å². The molecule has 112 valence electrons. The Morgan fingerprint density at radius 3 is 2.57 bits per heavy atom. The van der Waals surface area contributed by atoms with Crippen molar-refractivity contribution in [2.45, 2.75) is 33.2 Å². The lowest BCUT2D eigenvalue weighted by Gasteiger charge is -2.06. The second kappa shape index (κ2) is 7.15. The maximum atomic E-state index is 12.5. The molecule has 2 aromatic heterocycles. The molecule has 0 radical (unpaired) electrons. The molecule has 0 unspecified atom stereocenters. The van der Waals surface area contributed by atoms with Gasteiger partial charge in [0.1, 0.15) is 5.69 Å². The van der Waals surface area contributed by atoms with E-state index in [4.69, 9.17) is 0 Å². The number of aromatic nitrogens is 3. The lowest BCUT2D eigenvalue weighted by molar-refractivity contribution is 0.0984. The van der Waals surface area contributed by atoms with Crippen molar-refractivity contribution in [3.63, 3.8) is 0 Å². The van der Waals surface area contributed by atoms with Crippen LogP contribution < -0.4 is 0 Å². The van der Waals surface area contributed by atoms with Gasteiger partial charge in [0.25, 0.3) is 0 Å². The molecule has 0 saturated heterocycles. The van der Waals surface area contributed by atoms with Crippen molar-refractivity contribution in [2.75, 3.05) is 0 Å². The highest BCUT2D eigenvalue weighted by molar-refractivity contribution is 9.11.